The van der Waals surface area contributed by atoms with Crippen LogP contribution in [0.4, 0.5) is 11.4 Å². The van der Waals surface area contributed by atoms with Crippen LogP contribution < -0.4 is 15.7 Å². The van der Waals surface area contributed by atoms with Gasteiger partial charge in [-0.05, 0) is 50.2 Å². The summed E-state index contributed by atoms with van der Waals surface area (Å²) in [5.74, 6) is -0.466. The molecule has 2 atom stereocenters. The smallest absolute Gasteiger partial charge is 0.274 e. The van der Waals surface area contributed by atoms with Gasteiger partial charge in [0.25, 0.3) is 5.91 Å². The standard InChI is InChI=1S/C19H21N3O3/c1-12-3-9-16(10-4-12)22-13(2)17(11-18(22)23)20-15-7-5-14(6-8-15)19(24)21-25/h3-10,13,17,20,25H,11H2,1-2H3,(H,21,24)/t13-,17?/m1/s1. The summed E-state index contributed by atoms with van der Waals surface area (Å²) in [7, 11) is 0. The van der Waals surface area contributed by atoms with Gasteiger partial charge >= 0.3 is 0 Å². The Labute approximate surface area is 146 Å². The molecule has 130 valence electrons. The van der Waals surface area contributed by atoms with Crippen molar-refractivity contribution in [3.8, 4) is 0 Å². The number of nitrogens with one attached hydrogen (secondary N) is 2. The second kappa shape index (κ2) is 6.94. The van der Waals surface area contributed by atoms with Crippen LogP contribution in [0.1, 0.15) is 29.3 Å². The molecule has 25 heavy (non-hydrogen) atoms. The van der Waals surface area contributed by atoms with E-state index in [0.29, 0.717) is 12.0 Å². The van der Waals surface area contributed by atoms with E-state index in [0.717, 1.165) is 16.9 Å². The SMILES string of the molecule is Cc1ccc(N2C(=O)CC(Nc3ccc(C(=O)NO)cc3)[C@H]2C)cc1. The maximum Gasteiger partial charge on any atom is 0.274 e. The van der Waals surface area contributed by atoms with Crippen molar-refractivity contribution in [1.82, 2.24) is 5.48 Å². The summed E-state index contributed by atoms with van der Waals surface area (Å²) in [5.41, 5.74) is 4.86. The van der Waals surface area contributed by atoms with Crippen molar-refractivity contribution < 1.29 is 14.8 Å². The molecule has 6 nitrogen and oxygen atoms in total. The van der Waals surface area contributed by atoms with Gasteiger partial charge in [-0.3, -0.25) is 14.8 Å². The fourth-order valence-electron chi connectivity index (χ4n) is 3.12. The molecule has 1 aliphatic heterocycles. The Bertz CT molecular complexity index is 772. The number of nitrogens with zero attached hydrogens (tertiary/aromatic N) is 1. The van der Waals surface area contributed by atoms with E-state index in [4.69, 9.17) is 5.21 Å². The number of hydrogen-bond acceptors (Lipinski definition) is 4. The van der Waals surface area contributed by atoms with Crippen molar-refractivity contribution in [2.24, 2.45) is 0 Å². The highest BCUT2D eigenvalue weighted by Gasteiger charge is 2.37. The van der Waals surface area contributed by atoms with Crippen LogP contribution in [-0.2, 0) is 4.79 Å². The summed E-state index contributed by atoms with van der Waals surface area (Å²) in [5, 5.41) is 12.0. The lowest BCUT2D eigenvalue weighted by atomic mass is 10.1. The van der Waals surface area contributed by atoms with Gasteiger partial charge in [-0.1, -0.05) is 17.7 Å². The second-order valence-electron chi connectivity index (χ2n) is 6.31. The summed E-state index contributed by atoms with van der Waals surface area (Å²) in [4.78, 5) is 25.6. The monoisotopic (exact) mass is 339 g/mol. The van der Waals surface area contributed by atoms with Crippen LogP contribution in [0.25, 0.3) is 0 Å². The molecule has 1 fully saturated rings. The third kappa shape index (κ3) is 3.49. The fraction of sp³-hybridized carbons (Fsp3) is 0.263. The van der Waals surface area contributed by atoms with Crippen molar-refractivity contribution >= 4 is 23.2 Å². The van der Waals surface area contributed by atoms with Crippen molar-refractivity contribution in [2.75, 3.05) is 10.2 Å². The van der Waals surface area contributed by atoms with Crippen LogP contribution in [-0.4, -0.2) is 29.1 Å². The molecule has 6 heteroatoms. The molecule has 1 saturated heterocycles. The molecule has 0 bridgehead atoms. The number of aryl methyl sites for hydroxylation is 1. The largest absolute Gasteiger partial charge is 0.380 e. The molecule has 0 radical (unpaired) electrons. The van der Waals surface area contributed by atoms with Crippen molar-refractivity contribution in [3.63, 3.8) is 0 Å². The number of anilines is 2. The molecule has 1 heterocycles. The van der Waals surface area contributed by atoms with Crippen LogP contribution in [0.2, 0.25) is 0 Å². The third-order valence-corrected chi connectivity index (χ3v) is 4.57. The molecule has 3 N–H and O–H groups in total. The van der Waals surface area contributed by atoms with E-state index in [-0.39, 0.29) is 18.0 Å². The van der Waals surface area contributed by atoms with Gasteiger partial charge in [-0.25, -0.2) is 5.48 Å². The van der Waals surface area contributed by atoms with Crippen LogP contribution in [0.3, 0.4) is 0 Å². The fourth-order valence-corrected chi connectivity index (χ4v) is 3.12. The Morgan fingerprint density at radius 1 is 1.12 bits per heavy atom. The highest BCUT2D eigenvalue weighted by Crippen LogP contribution is 2.29. The van der Waals surface area contributed by atoms with Crippen LogP contribution >= 0.6 is 0 Å². The second-order valence-corrected chi connectivity index (χ2v) is 6.31. The summed E-state index contributed by atoms with van der Waals surface area (Å²) >= 11 is 0. The molecule has 2 amide bonds. The van der Waals surface area contributed by atoms with E-state index < -0.39 is 5.91 Å². The summed E-state index contributed by atoms with van der Waals surface area (Å²) in [6, 6.07) is 14.7. The van der Waals surface area contributed by atoms with Gasteiger partial charge in [-0.15, -0.1) is 0 Å². The number of carbonyl (C=O) groups excluding carboxylic acids is 2. The molecule has 0 saturated carbocycles. The van der Waals surface area contributed by atoms with Crippen molar-refractivity contribution in [3.05, 3.63) is 59.7 Å². The van der Waals surface area contributed by atoms with Gasteiger partial charge < -0.3 is 10.2 Å². The van der Waals surface area contributed by atoms with E-state index in [2.05, 4.69) is 5.32 Å². The lowest BCUT2D eigenvalue weighted by Gasteiger charge is -2.26. The zero-order valence-electron chi connectivity index (χ0n) is 14.2. The number of amides is 2. The minimum atomic E-state index is -0.554. The molecule has 1 unspecified atom stereocenters. The Hall–Kier alpha value is -2.86. The predicted octanol–water partition coefficient (Wildman–Crippen LogP) is 2.72. The molecular weight excluding hydrogens is 318 g/mol. The molecule has 3 rings (SSSR count). The molecule has 0 spiro atoms. The summed E-state index contributed by atoms with van der Waals surface area (Å²) < 4.78 is 0. The van der Waals surface area contributed by atoms with Gasteiger partial charge in [0.1, 0.15) is 0 Å². The summed E-state index contributed by atoms with van der Waals surface area (Å²) in [6.45, 7) is 4.04. The molecule has 1 aliphatic rings. The van der Waals surface area contributed by atoms with Crippen LogP contribution in [0.15, 0.2) is 48.5 Å². The van der Waals surface area contributed by atoms with E-state index in [1.807, 2.05) is 43.0 Å². The predicted molar refractivity (Wildman–Crippen MR) is 95.8 cm³/mol. The molecule has 2 aromatic rings. The number of rotatable bonds is 4. The van der Waals surface area contributed by atoms with Gasteiger partial charge in [0.2, 0.25) is 5.91 Å². The first-order chi connectivity index (χ1) is 12.0. The topological polar surface area (TPSA) is 81.7 Å². The van der Waals surface area contributed by atoms with Crippen LogP contribution in [0.5, 0.6) is 0 Å². The molecule has 0 aromatic heterocycles. The minimum absolute atomic E-state index is 0.00984. The van der Waals surface area contributed by atoms with E-state index >= 15 is 0 Å². The average molecular weight is 339 g/mol. The first-order valence-corrected chi connectivity index (χ1v) is 8.19. The number of benzene rings is 2. The number of hydrogen-bond donors (Lipinski definition) is 3. The Kier molecular flexibility index (Phi) is 4.72. The normalized spacial score (nSPS) is 19.8. The third-order valence-electron chi connectivity index (χ3n) is 4.57. The van der Waals surface area contributed by atoms with Gasteiger partial charge in [0, 0.05) is 23.4 Å². The van der Waals surface area contributed by atoms with Gasteiger partial charge in [0.05, 0.1) is 12.1 Å². The Morgan fingerprint density at radius 3 is 2.36 bits per heavy atom. The van der Waals surface area contributed by atoms with E-state index in [9.17, 15) is 9.59 Å². The van der Waals surface area contributed by atoms with Crippen molar-refractivity contribution in [1.29, 1.82) is 0 Å². The van der Waals surface area contributed by atoms with Gasteiger partial charge in [0.15, 0.2) is 0 Å². The van der Waals surface area contributed by atoms with Crippen molar-refractivity contribution in [2.45, 2.75) is 32.4 Å². The zero-order chi connectivity index (χ0) is 18.0. The maximum atomic E-state index is 12.5. The summed E-state index contributed by atoms with van der Waals surface area (Å²) in [6.07, 6.45) is 0.411. The highest BCUT2D eigenvalue weighted by molar-refractivity contribution is 5.97. The first kappa shape index (κ1) is 17.0. The Balaban J connectivity index is 1.72. The van der Waals surface area contributed by atoms with Gasteiger partial charge in [-0.2, -0.15) is 0 Å². The molecule has 0 aliphatic carbocycles. The zero-order valence-corrected chi connectivity index (χ0v) is 14.2. The average Bonchev–Trinajstić information content (AvgIpc) is 2.89. The van der Waals surface area contributed by atoms with E-state index in [1.54, 1.807) is 29.7 Å². The number of carbonyl (C=O) groups is 2. The maximum absolute atomic E-state index is 12.5. The highest BCUT2D eigenvalue weighted by atomic mass is 16.5. The minimum Gasteiger partial charge on any atom is -0.380 e. The lowest BCUT2D eigenvalue weighted by Crippen LogP contribution is -2.37. The Morgan fingerprint density at radius 2 is 1.76 bits per heavy atom. The van der Waals surface area contributed by atoms with Crippen LogP contribution in [0, 0.1) is 6.92 Å². The first-order valence-electron chi connectivity index (χ1n) is 8.19. The number of hydroxylamine groups is 1. The molecule has 2 aromatic carbocycles. The lowest BCUT2D eigenvalue weighted by molar-refractivity contribution is -0.117. The molecular formula is C19H21N3O3. The van der Waals surface area contributed by atoms with E-state index in [1.165, 1.54) is 0 Å². The quantitative estimate of drug-likeness (QED) is 0.591.